The van der Waals surface area contributed by atoms with E-state index in [1.54, 1.807) is 0 Å². The Labute approximate surface area is 116 Å². The Hall–Kier alpha value is -1.60. The van der Waals surface area contributed by atoms with Gasteiger partial charge in [-0.05, 0) is 42.1 Å². The molecule has 0 aliphatic heterocycles. The molecule has 0 fully saturated rings. The molecule has 2 aromatic rings. The van der Waals surface area contributed by atoms with Crippen LogP contribution >= 0.6 is 0 Å². The molecule has 1 unspecified atom stereocenters. The molecule has 19 heavy (non-hydrogen) atoms. The molecule has 0 saturated carbocycles. The van der Waals surface area contributed by atoms with Crippen molar-refractivity contribution in [1.82, 2.24) is 5.32 Å². The summed E-state index contributed by atoms with van der Waals surface area (Å²) in [5.74, 6) is 0. The lowest BCUT2D eigenvalue weighted by Crippen LogP contribution is -2.18. The highest BCUT2D eigenvalue weighted by atomic mass is 14.9. The highest BCUT2D eigenvalue weighted by Gasteiger charge is 2.12. The second-order valence-corrected chi connectivity index (χ2v) is 4.87. The molecule has 0 aliphatic carbocycles. The van der Waals surface area contributed by atoms with Gasteiger partial charge in [-0.25, -0.2) is 0 Å². The van der Waals surface area contributed by atoms with E-state index in [9.17, 15) is 0 Å². The van der Waals surface area contributed by atoms with Crippen molar-refractivity contribution < 1.29 is 0 Å². The molecule has 0 bridgehead atoms. The van der Waals surface area contributed by atoms with Crippen LogP contribution in [0.15, 0.2) is 48.5 Å². The van der Waals surface area contributed by atoms with Gasteiger partial charge < -0.3 is 5.32 Å². The summed E-state index contributed by atoms with van der Waals surface area (Å²) >= 11 is 0. The number of nitrogens with one attached hydrogen (secondary N) is 1. The van der Waals surface area contributed by atoms with E-state index in [2.05, 4.69) is 67.7 Å². The highest BCUT2D eigenvalue weighted by Crippen LogP contribution is 2.24. The fourth-order valence-electron chi connectivity index (χ4n) is 2.67. The molecule has 1 nitrogen and oxygen atoms in total. The largest absolute Gasteiger partial charge is 0.309 e. The molecule has 1 atom stereocenters. The Morgan fingerprint density at radius 2 is 1.53 bits per heavy atom. The van der Waals surface area contributed by atoms with Crippen LogP contribution in [0, 0.1) is 0 Å². The molecule has 0 heterocycles. The fourth-order valence-corrected chi connectivity index (χ4v) is 2.67. The quantitative estimate of drug-likeness (QED) is 0.845. The van der Waals surface area contributed by atoms with Crippen LogP contribution in [0.1, 0.15) is 42.1 Å². The van der Waals surface area contributed by atoms with Gasteiger partial charge in [-0.1, -0.05) is 62.4 Å². The predicted molar refractivity (Wildman–Crippen MR) is 82.5 cm³/mol. The summed E-state index contributed by atoms with van der Waals surface area (Å²) in [7, 11) is 2.02. The normalized spacial score (nSPS) is 12.4. The van der Waals surface area contributed by atoms with Gasteiger partial charge in [0.05, 0.1) is 6.04 Å². The lowest BCUT2D eigenvalue weighted by atomic mass is 9.93. The van der Waals surface area contributed by atoms with E-state index in [1.807, 2.05) is 7.05 Å². The van der Waals surface area contributed by atoms with Crippen molar-refractivity contribution in [3.63, 3.8) is 0 Å². The van der Waals surface area contributed by atoms with Crippen molar-refractivity contribution >= 4 is 0 Å². The zero-order chi connectivity index (χ0) is 13.7. The molecule has 0 aliphatic rings. The number of benzene rings is 2. The van der Waals surface area contributed by atoms with Gasteiger partial charge in [-0.3, -0.25) is 0 Å². The molecule has 0 amide bonds. The van der Waals surface area contributed by atoms with E-state index in [4.69, 9.17) is 0 Å². The van der Waals surface area contributed by atoms with Gasteiger partial charge in [0.1, 0.15) is 0 Å². The summed E-state index contributed by atoms with van der Waals surface area (Å²) in [6, 6.07) is 17.8. The summed E-state index contributed by atoms with van der Waals surface area (Å²) < 4.78 is 0. The molecule has 0 aromatic heterocycles. The molecule has 0 radical (unpaired) electrons. The average molecular weight is 253 g/mol. The molecule has 100 valence electrons. The van der Waals surface area contributed by atoms with Crippen LogP contribution in [0.3, 0.4) is 0 Å². The van der Waals surface area contributed by atoms with Crippen LogP contribution in [-0.4, -0.2) is 7.05 Å². The fraction of sp³-hybridized carbons (Fsp3) is 0.333. The Morgan fingerprint density at radius 3 is 2.11 bits per heavy atom. The summed E-state index contributed by atoms with van der Waals surface area (Å²) in [4.78, 5) is 0. The van der Waals surface area contributed by atoms with Crippen LogP contribution in [0.2, 0.25) is 0 Å². The second kappa shape index (κ2) is 6.53. The van der Waals surface area contributed by atoms with Crippen molar-refractivity contribution in [3.8, 4) is 0 Å². The zero-order valence-corrected chi connectivity index (χ0v) is 12.1. The first-order valence-corrected chi connectivity index (χ1v) is 7.14. The third-order valence-corrected chi connectivity index (χ3v) is 3.75. The molecule has 1 N–H and O–H groups in total. The van der Waals surface area contributed by atoms with Crippen molar-refractivity contribution in [2.75, 3.05) is 7.05 Å². The van der Waals surface area contributed by atoms with Crippen molar-refractivity contribution in [3.05, 3.63) is 70.8 Å². The van der Waals surface area contributed by atoms with Crippen LogP contribution in [0.5, 0.6) is 0 Å². The van der Waals surface area contributed by atoms with Gasteiger partial charge in [0, 0.05) is 0 Å². The Morgan fingerprint density at radius 1 is 0.842 bits per heavy atom. The molecule has 1 heteroatoms. The first kappa shape index (κ1) is 13.8. The Bertz CT molecular complexity index is 516. The average Bonchev–Trinajstić information content (AvgIpc) is 2.49. The number of hydrogen-bond donors (Lipinski definition) is 1. The third-order valence-electron chi connectivity index (χ3n) is 3.75. The van der Waals surface area contributed by atoms with E-state index in [1.165, 1.54) is 22.3 Å². The topological polar surface area (TPSA) is 12.0 Å². The van der Waals surface area contributed by atoms with Gasteiger partial charge in [-0.2, -0.15) is 0 Å². The van der Waals surface area contributed by atoms with Gasteiger partial charge in [0.25, 0.3) is 0 Å². The standard InChI is InChI=1S/C18H23N/c1-4-14-11-12-17(13-15(14)5-2)18(19-3)16-9-7-6-8-10-16/h6-13,18-19H,4-5H2,1-3H3. The molecule has 2 rings (SSSR count). The van der Waals surface area contributed by atoms with Crippen LogP contribution in [0.4, 0.5) is 0 Å². The summed E-state index contributed by atoms with van der Waals surface area (Å²) in [6.45, 7) is 4.45. The maximum absolute atomic E-state index is 3.42. The number of rotatable bonds is 5. The van der Waals surface area contributed by atoms with E-state index >= 15 is 0 Å². The van der Waals surface area contributed by atoms with E-state index in [0.29, 0.717) is 0 Å². The third kappa shape index (κ3) is 3.05. The first-order chi connectivity index (χ1) is 9.30. The van der Waals surface area contributed by atoms with Crippen molar-refractivity contribution in [2.45, 2.75) is 32.7 Å². The summed E-state index contributed by atoms with van der Waals surface area (Å²) in [6.07, 6.45) is 2.21. The maximum atomic E-state index is 3.42. The predicted octanol–water partition coefficient (Wildman–Crippen LogP) is 4.12. The van der Waals surface area contributed by atoms with E-state index in [0.717, 1.165) is 12.8 Å². The van der Waals surface area contributed by atoms with Crippen LogP contribution < -0.4 is 5.32 Å². The lowest BCUT2D eigenvalue weighted by Gasteiger charge is -2.19. The first-order valence-electron chi connectivity index (χ1n) is 7.14. The minimum absolute atomic E-state index is 0.275. The van der Waals surface area contributed by atoms with Crippen LogP contribution in [0.25, 0.3) is 0 Å². The van der Waals surface area contributed by atoms with Gasteiger partial charge in [0.15, 0.2) is 0 Å². The minimum Gasteiger partial charge on any atom is -0.309 e. The maximum Gasteiger partial charge on any atom is 0.0574 e. The summed E-state index contributed by atoms with van der Waals surface area (Å²) in [5, 5.41) is 3.42. The SMILES string of the molecule is CCc1ccc(C(NC)c2ccccc2)cc1CC. The molecule has 2 aromatic carbocycles. The minimum atomic E-state index is 0.275. The van der Waals surface area contributed by atoms with Crippen molar-refractivity contribution in [2.24, 2.45) is 0 Å². The monoisotopic (exact) mass is 253 g/mol. The van der Waals surface area contributed by atoms with Crippen molar-refractivity contribution in [1.29, 1.82) is 0 Å². The molecule has 0 saturated heterocycles. The number of hydrogen-bond acceptors (Lipinski definition) is 1. The van der Waals surface area contributed by atoms with Gasteiger partial charge >= 0.3 is 0 Å². The second-order valence-electron chi connectivity index (χ2n) is 4.87. The van der Waals surface area contributed by atoms with E-state index in [-0.39, 0.29) is 6.04 Å². The lowest BCUT2D eigenvalue weighted by molar-refractivity contribution is 0.690. The molecular weight excluding hydrogens is 230 g/mol. The number of aryl methyl sites for hydroxylation is 2. The van der Waals surface area contributed by atoms with Crippen LogP contribution in [-0.2, 0) is 12.8 Å². The Balaban J connectivity index is 2.39. The smallest absolute Gasteiger partial charge is 0.0574 e. The Kier molecular flexibility index (Phi) is 4.75. The van der Waals surface area contributed by atoms with Gasteiger partial charge in [-0.15, -0.1) is 0 Å². The highest BCUT2D eigenvalue weighted by molar-refractivity contribution is 5.38. The summed E-state index contributed by atoms with van der Waals surface area (Å²) in [5.41, 5.74) is 5.60. The van der Waals surface area contributed by atoms with E-state index < -0.39 is 0 Å². The molecule has 0 spiro atoms. The zero-order valence-electron chi connectivity index (χ0n) is 12.1. The molecular formula is C18H23N. The van der Waals surface area contributed by atoms with Gasteiger partial charge in [0.2, 0.25) is 0 Å².